The Morgan fingerprint density at radius 2 is 1.96 bits per heavy atom. The highest BCUT2D eigenvalue weighted by molar-refractivity contribution is 14.0. The van der Waals surface area contributed by atoms with Gasteiger partial charge in [0.1, 0.15) is 0 Å². The molecule has 5 nitrogen and oxygen atoms in total. The van der Waals surface area contributed by atoms with Gasteiger partial charge < -0.3 is 15.5 Å². The largest absolute Gasteiger partial charge is 0.356 e. The van der Waals surface area contributed by atoms with Crippen LogP contribution in [0.1, 0.15) is 63.6 Å². The van der Waals surface area contributed by atoms with Crippen LogP contribution in [-0.2, 0) is 11.8 Å². The number of hydrogen-bond acceptors (Lipinski definition) is 4. The second-order valence-corrected chi connectivity index (χ2v) is 9.78. The summed E-state index contributed by atoms with van der Waals surface area (Å²) in [4.78, 5) is 11.8. The van der Waals surface area contributed by atoms with Crippen LogP contribution in [0.5, 0.6) is 0 Å². The van der Waals surface area contributed by atoms with E-state index in [1.807, 2.05) is 7.05 Å². The zero-order valence-corrected chi connectivity index (χ0v) is 20.6. The van der Waals surface area contributed by atoms with E-state index in [1.165, 1.54) is 42.8 Å². The molecule has 2 saturated heterocycles. The van der Waals surface area contributed by atoms with E-state index in [-0.39, 0.29) is 29.4 Å². The summed E-state index contributed by atoms with van der Waals surface area (Å²) in [5.74, 6) is 0.935. The number of aliphatic imine (C=N–C) groups is 1. The van der Waals surface area contributed by atoms with E-state index in [2.05, 4.69) is 53.7 Å². The Hall–Kier alpha value is -0.410. The predicted molar refractivity (Wildman–Crippen MR) is 127 cm³/mol. The molecule has 2 atom stereocenters. The lowest BCUT2D eigenvalue weighted by Gasteiger charge is -2.47. The van der Waals surface area contributed by atoms with Crippen LogP contribution in [-0.4, -0.2) is 54.6 Å². The highest BCUT2D eigenvalue weighted by atomic mass is 127. The Morgan fingerprint density at radius 3 is 2.52 bits per heavy atom. The zero-order chi connectivity index (χ0) is 18.7. The summed E-state index contributed by atoms with van der Waals surface area (Å²) in [7, 11) is 4.17. The van der Waals surface area contributed by atoms with Crippen molar-refractivity contribution in [2.24, 2.45) is 4.99 Å². The third-order valence-electron chi connectivity index (χ3n) is 5.86. The van der Waals surface area contributed by atoms with Gasteiger partial charge in [-0.3, -0.25) is 4.99 Å². The highest BCUT2D eigenvalue weighted by Gasteiger charge is 2.36. The van der Waals surface area contributed by atoms with Crippen molar-refractivity contribution in [2.75, 3.05) is 20.6 Å². The topological polar surface area (TPSA) is 52.6 Å². The molecule has 0 aromatic carbocycles. The number of thiazole rings is 1. The third-order valence-corrected chi connectivity index (χ3v) is 6.76. The average Bonchev–Trinajstić information content (AvgIpc) is 3.04. The summed E-state index contributed by atoms with van der Waals surface area (Å²) in [6, 6.07) is 2.02. The van der Waals surface area contributed by atoms with Gasteiger partial charge in [-0.25, -0.2) is 4.98 Å². The van der Waals surface area contributed by atoms with Crippen LogP contribution < -0.4 is 10.6 Å². The summed E-state index contributed by atoms with van der Waals surface area (Å²) in [6.07, 6.45) is 7.49. The predicted octanol–water partition coefficient (Wildman–Crippen LogP) is 3.78. The molecular formula is C20H36IN5S. The summed E-state index contributed by atoms with van der Waals surface area (Å²) in [5.41, 5.74) is 1.32. The Balaban J connectivity index is 0.00000261. The van der Waals surface area contributed by atoms with Crippen molar-refractivity contribution < 1.29 is 0 Å². The third kappa shape index (κ3) is 6.03. The maximum Gasteiger partial charge on any atom is 0.191 e. The van der Waals surface area contributed by atoms with Crippen LogP contribution in [0.15, 0.2) is 10.4 Å². The van der Waals surface area contributed by atoms with Crippen molar-refractivity contribution >= 4 is 41.3 Å². The molecule has 2 aliphatic heterocycles. The fourth-order valence-electron chi connectivity index (χ4n) is 4.18. The molecule has 0 spiro atoms. The first-order chi connectivity index (χ1) is 12.4. The van der Waals surface area contributed by atoms with Crippen molar-refractivity contribution in [2.45, 2.75) is 82.8 Å². The normalized spacial score (nSPS) is 26.4. The fourth-order valence-corrected chi connectivity index (χ4v) is 5.20. The van der Waals surface area contributed by atoms with Crippen molar-refractivity contribution in [3.05, 3.63) is 16.1 Å². The SMILES string of the molecule is CN=C(NCCc1nc(C(C)(C)C)cs1)NC1CC2CCCC(C1)N2C.I. The number of guanidine groups is 1. The Morgan fingerprint density at radius 1 is 1.30 bits per heavy atom. The molecule has 2 bridgehead atoms. The molecule has 0 radical (unpaired) electrons. The van der Waals surface area contributed by atoms with Gasteiger partial charge in [-0.05, 0) is 32.7 Å². The van der Waals surface area contributed by atoms with Gasteiger partial charge in [-0.2, -0.15) is 0 Å². The Bertz CT molecular complexity index is 610. The first-order valence-electron chi connectivity index (χ1n) is 10.0. The molecule has 0 saturated carbocycles. The molecule has 3 heterocycles. The van der Waals surface area contributed by atoms with E-state index in [9.17, 15) is 0 Å². The Labute approximate surface area is 185 Å². The smallest absolute Gasteiger partial charge is 0.191 e. The number of rotatable bonds is 4. The first kappa shape index (κ1) is 22.9. The fraction of sp³-hybridized carbons (Fsp3) is 0.800. The second-order valence-electron chi connectivity index (χ2n) is 8.84. The van der Waals surface area contributed by atoms with Crippen LogP contribution in [0.4, 0.5) is 0 Å². The lowest BCUT2D eigenvalue weighted by molar-refractivity contribution is 0.0526. The molecular weight excluding hydrogens is 469 g/mol. The molecule has 2 fully saturated rings. The lowest BCUT2D eigenvalue weighted by Crippen LogP contribution is -2.56. The van der Waals surface area contributed by atoms with Crippen LogP contribution >= 0.6 is 35.3 Å². The summed E-state index contributed by atoms with van der Waals surface area (Å²) in [5, 5.41) is 10.5. The minimum atomic E-state index is 0. The molecule has 2 N–H and O–H groups in total. The summed E-state index contributed by atoms with van der Waals surface area (Å²) >= 11 is 1.77. The number of aromatic nitrogens is 1. The number of hydrogen-bond donors (Lipinski definition) is 2. The van der Waals surface area contributed by atoms with Crippen LogP contribution in [0.2, 0.25) is 0 Å². The molecule has 3 rings (SSSR count). The van der Waals surface area contributed by atoms with Gasteiger partial charge in [-0.15, -0.1) is 35.3 Å². The second kappa shape index (κ2) is 9.87. The summed E-state index contributed by atoms with van der Waals surface area (Å²) < 4.78 is 0. The molecule has 2 unspecified atom stereocenters. The number of fused-ring (bicyclic) bond motifs is 2. The van der Waals surface area contributed by atoms with Gasteiger partial charge in [0.05, 0.1) is 10.7 Å². The van der Waals surface area contributed by atoms with Crippen LogP contribution in [0, 0.1) is 0 Å². The summed E-state index contributed by atoms with van der Waals surface area (Å²) in [6.45, 7) is 7.52. The van der Waals surface area contributed by atoms with Gasteiger partial charge in [0.2, 0.25) is 0 Å². The van der Waals surface area contributed by atoms with E-state index in [0.717, 1.165) is 31.0 Å². The van der Waals surface area contributed by atoms with Gasteiger partial charge in [0.15, 0.2) is 5.96 Å². The molecule has 27 heavy (non-hydrogen) atoms. The minimum Gasteiger partial charge on any atom is -0.356 e. The number of nitrogens with one attached hydrogen (secondary N) is 2. The van der Waals surface area contributed by atoms with E-state index >= 15 is 0 Å². The quantitative estimate of drug-likeness (QED) is 0.372. The molecule has 7 heteroatoms. The first-order valence-corrected chi connectivity index (χ1v) is 10.9. The maximum absolute atomic E-state index is 4.78. The van der Waals surface area contributed by atoms with Crippen LogP contribution in [0.3, 0.4) is 0 Å². The van der Waals surface area contributed by atoms with Gasteiger partial charge in [-0.1, -0.05) is 27.2 Å². The zero-order valence-electron chi connectivity index (χ0n) is 17.4. The van der Waals surface area contributed by atoms with Crippen molar-refractivity contribution in [1.29, 1.82) is 0 Å². The van der Waals surface area contributed by atoms with Gasteiger partial charge in [0.25, 0.3) is 0 Å². The average molecular weight is 506 g/mol. The lowest BCUT2D eigenvalue weighted by atomic mass is 9.82. The van der Waals surface area contributed by atoms with Crippen LogP contribution in [0.25, 0.3) is 0 Å². The monoisotopic (exact) mass is 505 g/mol. The van der Waals surface area contributed by atoms with Crippen molar-refractivity contribution in [1.82, 2.24) is 20.5 Å². The molecule has 1 aromatic heterocycles. The maximum atomic E-state index is 4.78. The van der Waals surface area contributed by atoms with E-state index in [4.69, 9.17) is 4.98 Å². The number of halogens is 1. The Kier molecular flexibility index (Phi) is 8.36. The molecule has 1 aromatic rings. The molecule has 0 aliphatic carbocycles. The molecule has 0 amide bonds. The number of piperidine rings is 2. The van der Waals surface area contributed by atoms with E-state index in [1.54, 1.807) is 11.3 Å². The molecule has 2 aliphatic rings. The van der Waals surface area contributed by atoms with Gasteiger partial charge in [0, 0.05) is 48.9 Å². The highest BCUT2D eigenvalue weighted by Crippen LogP contribution is 2.32. The number of nitrogens with zero attached hydrogens (tertiary/aromatic N) is 3. The standard InChI is InChI=1S/C20H35N5S.HI/c1-20(2,3)17-13-26-18(24-17)9-10-22-19(21-4)23-14-11-15-7-6-8-16(12-14)25(15)5;/h13-16H,6-12H2,1-5H3,(H2,21,22,23);1H. The van der Waals surface area contributed by atoms with Crippen molar-refractivity contribution in [3.8, 4) is 0 Å². The van der Waals surface area contributed by atoms with Gasteiger partial charge >= 0.3 is 0 Å². The minimum absolute atomic E-state index is 0. The van der Waals surface area contributed by atoms with E-state index < -0.39 is 0 Å². The molecule has 154 valence electrons. The van der Waals surface area contributed by atoms with Crippen molar-refractivity contribution in [3.63, 3.8) is 0 Å². The van der Waals surface area contributed by atoms with E-state index in [0.29, 0.717) is 6.04 Å².